The van der Waals surface area contributed by atoms with Gasteiger partial charge in [-0.05, 0) is 47.6 Å². The monoisotopic (exact) mass is 343 g/mol. The molecule has 0 amide bonds. The zero-order valence-electron chi connectivity index (χ0n) is 13.6. The summed E-state index contributed by atoms with van der Waals surface area (Å²) in [5.41, 5.74) is 4.85. The molecule has 0 heterocycles. The Labute approximate surface area is 147 Å². The second-order valence-electron chi connectivity index (χ2n) is 4.96. The fourth-order valence-electron chi connectivity index (χ4n) is 1.86. The first kappa shape index (κ1) is 17.9. The van der Waals surface area contributed by atoms with E-state index < -0.39 is 0 Å². The molecular weight excluding hydrogens is 322 g/mol. The number of ether oxygens (including phenoxy) is 2. The normalized spacial score (nSPS) is 10.5. The van der Waals surface area contributed by atoms with Crippen molar-refractivity contribution >= 4 is 23.5 Å². The number of methoxy groups -OCH3 is 1. The minimum Gasteiger partial charge on any atom is -0.489 e. The van der Waals surface area contributed by atoms with Crippen molar-refractivity contribution in [1.82, 2.24) is 10.7 Å². The number of rotatable bonds is 8. The van der Waals surface area contributed by atoms with E-state index in [9.17, 15) is 0 Å². The van der Waals surface area contributed by atoms with Crippen LogP contribution in [0.15, 0.2) is 59.7 Å². The van der Waals surface area contributed by atoms with Gasteiger partial charge in [0.1, 0.15) is 12.4 Å². The van der Waals surface area contributed by atoms with Crippen molar-refractivity contribution in [3.05, 3.63) is 65.7 Å². The van der Waals surface area contributed by atoms with Crippen LogP contribution in [0.3, 0.4) is 0 Å². The Morgan fingerprint density at radius 2 is 1.88 bits per heavy atom. The van der Waals surface area contributed by atoms with Gasteiger partial charge in [0.15, 0.2) is 5.11 Å². The van der Waals surface area contributed by atoms with Crippen LogP contribution in [-0.4, -0.2) is 31.6 Å². The van der Waals surface area contributed by atoms with Crippen LogP contribution in [0.2, 0.25) is 0 Å². The van der Waals surface area contributed by atoms with Gasteiger partial charge in [-0.15, -0.1) is 0 Å². The Balaban J connectivity index is 1.75. The molecule has 0 spiro atoms. The maximum absolute atomic E-state index is 5.74. The molecule has 0 unspecified atom stereocenters. The molecule has 0 saturated carbocycles. The van der Waals surface area contributed by atoms with Crippen molar-refractivity contribution in [2.75, 3.05) is 20.3 Å². The first-order valence-electron chi connectivity index (χ1n) is 7.60. The maximum Gasteiger partial charge on any atom is 0.187 e. The predicted molar refractivity (Wildman–Crippen MR) is 100 cm³/mol. The van der Waals surface area contributed by atoms with Crippen LogP contribution in [-0.2, 0) is 11.3 Å². The molecule has 0 aromatic heterocycles. The van der Waals surface area contributed by atoms with Crippen molar-refractivity contribution in [3.63, 3.8) is 0 Å². The number of hydrazone groups is 1. The molecule has 0 aliphatic heterocycles. The quantitative estimate of drug-likeness (QED) is 0.334. The second-order valence-corrected chi connectivity index (χ2v) is 5.37. The van der Waals surface area contributed by atoms with E-state index in [2.05, 4.69) is 15.8 Å². The lowest BCUT2D eigenvalue weighted by Crippen LogP contribution is -2.34. The lowest BCUT2D eigenvalue weighted by atomic mass is 10.2. The van der Waals surface area contributed by atoms with Gasteiger partial charge >= 0.3 is 0 Å². The third kappa shape index (κ3) is 6.76. The highest BCUT2D eigenvalue weighted by atomic mass is 32.1. The van der Waals surface area contributed by atoms with Gasteiger partial charge in [-0.25, -0.2) is 0 Å². The molecule has 0 fully saturated rings. The third-order valence-corrected chi connectivity index (χ3v) is 3.34. The molecule has 2 aromatic rings. The zero-order valence-corrected chi connectivity index (χ0v) is 14.4. The van der Waals surface area contributed by atoms with Crippen LogP contribution in [0.25, 0.3) is 0 Å². The molecule has 0 aliphatic rings. The van der Waals surface area contributed by atoms with Gasteiger partial charge < -0.3 is 14.8 Å². The summed E-state index contributed by atoms with van der Waals surface area (Å²) in [5, 5.41) is 7.52. The van der Waals surface area contributed by atoms with Gasteiger partial charge in [0.25, 0.3) is 0 Å². The molecule has 0 saturated heterocycles. The number of thiocarbonyl (C=S) groups is 1. The van der Waals surface area contributed by atoms with E-state index in [1.807, 2.05) is 54.6 Å². The molecule has 6 heteroatoms. The number of hydrogen-bond acceptors (Lipinski definition) is 4. The molecule has 2 aromatic carbocycles. The van der Waals surface area contributed by atoms with Crippen molar-refractivity contribution in [2.45, 2.75) is 6.61 Å². The Kier molecular flexibility index (Phi) is 7.73. The molecule has 126 valence electrons. The first-order chi connectivity index (χ1) is 11.8. The van der Waals surface area contributed by atoms with E-state index in [1.165, 1.54) is 0 Å². The average Bonchev–Trinajstić information content (AvgIpc) is 2.62. The zero-order chi connectivity index (χ0) is 17.0. The Hall–Kier alpha value is -2.44. The molecule has 24 heavy (non-hydrogen) atoms. The molecule has 0 bridgehead atoms. The minimum atomic E-state index is 0.464. The smallest absolute Gasteiger partial charge is 0.187 e. The summed E-state index contributed by atoms with van der Waals surface area (Å²) < 4.78 is 10.7. The lowest BCUT2D eigenvalue weighted by molar-refractivity contribution is 0.204. The van der Waals surface area contributed by atoms with Crippen molar-refractivity contribution in [1.29, 1.82) is 0 Å². The summed E-state index contributed by atoms with van der Waals surface area (Å²) >= 11 is 5.07. The topological polar surface area (TPSA) is 54.9 Å². The summed E-state index contributed by atoms with van der Waals surface area (Å²) in [6, 6.07) is 17.8. The van der Waals surface area contributed by atoms with E-state index in [4.69, 9.17) is 21.7 Å². The van der Waals surface area contributed by atoms with Gasteiger partial charge in [-0.1, -0.05) is 30.3 Å². The van der Waals surface area contributed by atoms with E-state index in [-0.39, 0.29) is 0 Å². The fraction of sp³-hybridized carbons (Fsp3) is 0.222. The number of benzene rings is 2. The Bertz CT molecular complexity index is 645. The van der Waals surface area contributed by atoms with Crippen LogP contribution < -0.4 is 15.5 Å². The molecule has 2 N–H and O–H groups in total. The Morgan fingerprint density at radius 1 is 1.12 bits per heavy atom. The minimum absolute atomic E-state index is 0.464. The number of nitrogens with one attached hydrogen (secondary N) is 2. The van der Waals surface area contributed by atoms with Crippen LogP contribution in [0.1, 0.15) is 11.1 Å². The van der Waals surface area contributed by atoms with Gasteiger partial charge in [-0.2, -0.15) is 5.10 Å². The van der Waals surface area contributed by atoms with E-state index in [1.54, 1.807) is 13.3 Å². The lowest BCUT2D eigenvalue weighted by Gasteiger charge is -2.07. The summed E-state index contributed by atoms with van der Waals surface area (Å²) in [7, 11) is 1.64. The van der Waals surface area contributed by atoms with Gasteiger partial charge in [0.05, 0.1) is 12.8 Å². The standard InChI is InChI=1S/C18H21N3O2S/c1-22-12-11-19-18(24)21-20-13-15-7-9-17(10-8-15)23-14-16-5-3-2-4-6-16/h2-10,13H,11-12,14H2,1H3,(H2,19,21,24)/b20-13-. The SMILES string of the molecule is COCCNC(=S)N/N=C\c1ccc(OCc2ccccc2)cc1. The van der Waals surface area contributed by atoms with E-state index in [0.717, 1.165) is 16.9 Å². The maximum atomic E-state index is 5.74. The van der Waals surface area contributed by atoms with E-state index >= 15 is 0 Å². The molecule has 5 nitrogen and oxygen atoms in total. The average molecular weight is 343 g/mol. The molecule has 0 radical (unpaired) electrons. The van der Waals surface area contributed by atoms with Gasteiger partial charge in [-0.3, -0.25) is 5.43 Å². The van der Waals surface area contributed by atoms with E-state index in [0.29, 0.717) is 24.9 Å². The molecule has 2 rings (SSSR count). The van der Waals surface area contributed by atoms with Crippen LogP contribution in [0, 0.1) is 0 Å². The summed E-state index contributed by atoms with van der Waals surface area (Å²) in [6.07, 6.45) is 1.70. The van der Waals surface area contributed by atoms with Crippen LogP contribution in [0.4, 0.5) is 0 Å². The highest BCUT2D eigenvalue weighted by Gasteiger charge is 1.96. The molecular formula is C18H21N3O2S. The fourth-order valence-corrected chi connectivity index (χ4v) is 2.02. The number of hydrogen-bond donors (Lipinski definition) is 2. The van der Waals surface area contributed by atoms with Crippen LogP contribution in [0.5, 0.6) is 5.75 Å². The van der Waals surface area contributed by atoms with Crippen molar-refractivity contribution < 1.29 is 9.47 Å². The van der Waals surface area contributed by atoms with Crippen LogP contribution >= 0.6 is 12.2 Å². The number of nitrogens with zero attached hydrogens (tertiary/aromatic N) is 1. The molecule has 0 atom stereocenters. The van der Waals surface area contributed by atoms with Gasteiger partial charge in [0, 0.05) is 13.7 Å². The summed E-state index contributed by atoms with van der Waals surface area (Å²) in [6.45, 7) is 1.79. The van der Waals surface area contributed by atoms with Gasteiger partial charge in [0.2, 0.25) is 0 Å². The summed E-state index contributed by atoms with van der Waals surface area (Å²) in [5.74, 6) is 0.820. The predicted octanol–water partition coefficient (Wildman–Crippen LogP) is 2.71. The summed E-state index contributed by atoms with van der Waals surface area (Å²) in [4.78, 5) is 0. The van der Waals surface area contributed by atoms with Crippen molar-refractivity contribution in [3.8, 4) is 5.75 Å². The second kappa shape index (κ2) is 10.4. The highest BCUT2D eigenvalue weighted by Crippen LogP contribution is 2.13. The molecule has 0 aliphatic carbocycles. The van der Waals surface area contributed by atoms with Crippen molar-refractivity contribution in [2.24, 2.45) is 5.10 Å². The largest absolute Gasteiger partial charge is 0.489 e. The third-order valence-electron chi connectivity index (χ3n) is 3.10. The highest BCUT2D eigenvalue weighted by molar-refractivity contribution is 7.80. The first-order valence-corrected chi connectivity index (χ1v) is 8.01. The Morgan fingerprint density at radius 3 is 2.58 bits per heavy atom.